The Balaban J connectivity index is 2.88. The first-order chi connectivity index (χ1) is 6.00. The smallest absolute Gasteiger partial charge is 0.307 e. The van der Waals surface area contributed by atoms with Gasteiger partial charge in [-0.05, 0) is 13.3 Å². The van der Waals surface area contributed by atoms with Crippen LogP contribution in [0.4, 0.5) is 0 Å². The Morgan fingerprint density at radius 1 is 1.85 bits per heavy atom. The van der Waals surface area contributed by atoms with E-state index in [0.717, 1.165) is 16.9 Å². The molecule has 0 fully saturated rings. The quantitative estimate of drug-likeness (QED) is 0.639. The van der Waals surface area contributed by atoms with E-state index in [1.54, 1.807) is 0 Å². The Morgan fingerprint density at radius 2 is 2.46 bits per heavy atom. The summed E-state index contributed by atoms with van der Waals surface area (Å²) >= 11 is 0.937. The number of nitrogens with two attached hydrogens (primary N) is 1. The molecule has 13 heavy (non-hydrogen) atoms. The maximum atomic E-state index is 10.8. The first-order valence-corrected chi connectivity index (χ1v) is 4.64. The average molecular weight is 200 g/mol. The van der Waals surface area contributed by atoms with E-state index >= 15 is 0 Å². The number of aromatic nitrogens is 1. The van der Waals surface area contributed by atoms with Crippen molar-refractivity contribution in [2.75, 3.05) is 0 Å². The third kappa shape index (κ3) is 2.43. The number of H-pyrrole nitrogens is 1. The summed E-state index contributed by atoms with van der Waals surface area (Å²) in [6, 6.07) is -0.346. The molecule has 0 aliphatic rings. The molecule has 5 heteroatoms. The average Bonchev–Trinajstić information content (AvgIpc) is 2.28. The van der Waals surface area contributed by atoms with Gasteiger partial charge in [-0.2, -0.15) is 0 Å². The molecule has 1 atom stereocenters. The van der Waals surface area contributed by atoms with Crippen molar-refractivity contribution in [3.05, 3.63) is 26.7 Å². The monoisotopic (exact) mass is 200 g/mol. The Hall–Kier alpha value is -1.07. The fourth-order valence-electron chi connectivity index (χ4n) is 1.05. The zero-order valence-electron chi connectivity index (χ0n) is 7.33. The van der Waals surface area contributed by atoms with Crippen LogP contribution in [0.2, 0.25) is 0 Å². The van der Waals surface area contributed by atoms with Gasteiger partial charge in [0, 0.05) is 6.04 Å². The lowest BCUT2D eigenvalue weighted by atomic mass is 10.1. The highest BCUT2D eigenvalue weighted by Crippen LogP contribution is 2.26. The van der Waals surface area contributed by atoms with Crippen molar-refractivity contribution in [3.63, 3.8) is 0 Å². The van der Waals surface area contributed by atoms with Gasteiger partial charge in [0.15, 0.2) is 0 Å². The fourth-order valence-corrected chi connectivity index (χ4v) is 1.78. The third-order valence-corrected chi connectivity index (χ3v) is 2.57. The van der Waals surface area contributed by atoms with Crippen LogP contribution >= 0.6 is 11.3 Å². The maximum absolute atomic E-state index is 10.8. The summed E-state index contributed by atoms with van der Waals surface area (Å²) in [6.07, 6.45) is 0.571. The normalized spacial score (nSPS) is 12.8. The van der Waals surface area contributed by atoms with E-state index in [0.29, 0.717) is 11.3 Å². The molecule has 1 aromatic heterocycles. The predicted molar refractivity (Wildman–Crippen MR) is 53.0 cm³/mol. The predicted octanol–water partition coefficient (Wildman–Crippen LogP) is 1.11. The topological polar surface area (TPSA) is 79.1 Å². The van der Waals surface area contributed by atoms with Crippen LogP contribution < -0.4 is 10.6 Å². The van der Waals surface area contributed by atoms with Gasteiger partial charge in [-0.15, -0.1) is 6.58 Å². The summed E-state index contributed by atoms with van der Waals surface area (Å²) in [4.78, 5) is 13.3. The van der Waals surface area contributed by atoms with Gasteiger partial charge in [-0.3, -0.25) is 9.78 Å². The van der Waals surface area contributed by atoms with Crippen LogP contribution in [0, 0.1) is 0 Å². The molecule has 72 valence electrons. The van der Waals surface area contributed by atoms with Crippen LogP contribution in [0.15, 0.2) is 16.9 Å². The van der Waals surface area contributed by atoms with Gasteiger partial charge >= 0.3 is 4.87 Å². The minimum absolute atomic E-state index is 0.122. The van der Waals surface area contributed by atoms with E-state index in [1.165, 1.54) is 0 Å². The van der Waals surface area contributed by atoms with Gasteiger partial charge < -0.3 is 10.8 Å². The van der Waals surface area contributed by atoms with Crippen molar-refractivity contribution in [2.24, 2.45) is 5.73 Å². The van der Waals surface area contributed by atoms with E-state index in [4.69, 9.17) is 5.73 Å². The van der Waals surface area contributed by atoms with Gasteiger partial charge in [0.05, 0.1) is 4.88 Å². The Bertz CT molecular complexity index is 366. The fraction of sp³-hybridized carbons (Fsp3) is 0.375. The highest BCUT2D eigenvalue weighted by atomic mass is 32.1. The molecule has 0 aromatic carbocycles. The molecule has 0 saturated heterocycles. The molecule has 0 aliphatic carbocycles. The number of aromatic hydroxyl groups is 1. The van der Waals surface area contributed by atoms with Crippen molar-refractivity contribution >= 4 is 11.3 Å². The second-order valence-electron chi connectivity index (χ2n) is 3.00. The van der Waals surface area contributed by atoms with Crippen molar-refractivity contribution in [2.45, 2.75) is 19.4 Å². The number of nitrogens with one attached hydrogen (secondary N) is 1. The second-order valence-corrected chi connectivity index (χ2v) is 4.01. The minimum Gasteiger partial charge on any atom is -0.494 e. The highest BCUT2D eigenvalue weighted by molar-refractivity contribution is 7.09. The molecule has 1 aromatic rings. The molecule has 4 nitrogen and oxygen atoms in total. The van der Waals surface area contributed by atoms with Crippen molar-refractivity contribution in [1.29, 1.82) is 0 Å². The highest BCUT2D eigenvalue weighted by Gasteiger charge is 2.14. The molecule has 4 N–H and O–H groups in total. The summed E-state index contributed by atoms with van der Waals surface area (Å²) in [5.41, 5.74) is 6.66. The van der Waals surface area contributed by atoms with Gasteiger partial charge in [0.2, 0.25) is 5.88 Å². The van der Waals surface area contributed by atoms with Crippen molar-refractivity contribution < 1.29 is 5.11 Å². The van der Waals surface area contributed by atoms with Crippen LogP contribution in [-0.2, 0) is 0 Å². The molecule has 1 rings (SSSR count). The third-order valence-electron chi connectivity index (χ3n) is 1.56. The van der Waals surface area contributed by atoms with Gasteiger partial charge in [0.25, 0.3) is 0 Å². The summed E-state index contributed by atoms with van der Waals surface area (Å²) in [6.45, 7) is 5.57. The standard InChI is InChI=1S/C8H12N2O2S/c1-4(2)3-5(9)6-7(11)10-8(12)13-6/h5,11H,1,3,9H2,2H3,(H,10,12). The SMILES string of the molecule is C=C(C)CC(N)c1sc(=O)[nH]c1O. The van der Waals surface area contributed by atoms with Crippen LogP contribution in [-0.4, -0.2) is 10.1 Å². The van der Waals surface area contributed by atoms with Crippen molar-refractivity contribution in [3.8, 4) is 5.88 Å². The maximum Gasteiger partial charge on any atom is 0.307 e. The van der Waals surface area contributed by atoms with Gasteiger partial charge in [-0.1, -0.05) is 16.9 Å². The number of hydrogen-bond acceptors (Lipinski definition) is 4. The van der Waals surface area contributed by atoms with Crippen LogP contribution in [0.5, 0.6) is 5.88 Å². The molecule has 0 bridgehead atoms. The summed E-state index contributed by atoms with van der Waals surface area (Å²) in [5, 5.41) is 9.26. The minimum atomic E-state index is -0.346. The zero-order valence-corrected chi connectivity index (χ0v) is 8.15. The summed E-state index contributed by atoms with van der Waals surface area (Å²) in [7, 11) is 0. The Labute approximate surface area is 79.7 Å². The largest absolute Gasteiger partial charge is 0.494 e. The number of rotatable bonds is 3. The summed E-state index contributed by atoms with van der Waals surface area (Å²) in [5.74, 6) is -0.122. The molecule has 1 heterocycles. The van der Waals surface area contributed by atoms with Crippen LogP contribution in [0.1, 0.15) is 24.3 Å². The van der Waals surface area contributed by atoms with Gasteiger partial charge in [0.1, 0.15) is 0 Å². The molecule has 0 spiro atoms. The molecular formula is C8H12N2O2S. The zero-order chi connectivity index (χ0) is 10.0. The van der Waals surface area contributed by atoms with Crippen LogP contribution in [0.25, 0.3) is 0 Å². The molecule has 1 unspecified atom stereocenters. The molecule has 0 amide bonds. The van der Waals surface area contributed by atoms with E-state index in [9.17, 15) is 9.90 Å². The number of thiazole rings is 1. The Kier molecular flexibility index (Phi) is 2.90. The lowest BCUT2D eigenvalue weighted by Gasteiger charge is -2.08. The summed E-state index contributed by atoms with van der Waals surface area (Å²) < 4.78 is 0. The van der Waals surface area contributed by atoms with E-state index in [-0.39, 0.29) is 16.8 Å². The molecular weight excluding hydrogens is 188 g/mol. The van der Waals surface area contributed by atoms with E-state index in [1.807, 2.05) is 6.92 Å². The van der Waals surface area contributed by atoms with Gasteiger partial charge in [-0.25, -0.2) is 0 Å². The first-order valence-electron chi connectivity index (χ1n) is 3.82. The lowest BCUT2D eigenvalue weighted by molar-refractivity contribution is 0.444. The number of hydrogen-bond donors (Lipinski definition) is 3. The lowest BCUT2D eigenvalue weighted by Crippen LogP contribution is -2.08. The molecule has 0 radical (unpaired) electrons. The molecule has 0 saturated carbocycles. The Morgan fingerprint density at radius 3 is 2.85 bits per heavy atom. The first kappa shape index (κ1) is 10.0. The van der Waals surface area contributed by atoms with Crippen molar-refractivity contribution in [1.82, 2.24) is 4.98 Å². The number of aromatic amines is 1. The van der Waals surface area contributed by atoms with Crippen LogP contribution in [0.3, 0.4) is 0 Å². The van der Waals surface area contributed by atoms with E-state index < -0.39 is 0 Å². The molecule has 0 aliphatic heterocycles. The van der Waals surface area contributed by atoms with E-state index in [2.05, 4.69) is 11.6 Å². The second kappa shape index (κ2) is 3.76.